The first-order chi connectivity index (χ1) is 6.18. The van der Waals surface area contributed by atoms with Gasteiger partial charge in [0, 0.05) is 5.54 Å². The number of hydrogen-bond donors (Lipinski definition) is 1. The Morgan fingerprint density at radius 3 is 2.38 bits per heavy atom. The van der Waals surface area contributed by atoms with Crippen LogP contribution < -0.4 is 5.32 Å². The fourth-order valence-electron chi connectivity index (χ4n) is 2.12. The predicted molar refractivity (Wildman–Crippen MR) is 58.9 cm³/mol. The molecule has 1 nitrogen and oxygen atoms in total. The van der Waals surface area contributed by atoms with Gasteiger partial charge in [0.15, 0.2) is 0 Å². The van der Waals surface area contributed by atoms with E-state index in [4.69, 9.17) is 0 Å². The zero-order valence-corrected chi connectivity index (χ0v) is 9.53. The molecule has 1 aliphatic carbocycles. The smallest absolute Gasteiger partial charge is 0.0178 e. The summed E-state index contributed by atoms with van der Waals surface area (Å²) in [5, 5.41) is 3.74. The van der Waals surface area contributed by atoms with Crippen LogP contribution in [-0.2, 0) is 0 Å². The number of nitrogens with one attached hydrogen (secondary N) is 1. The second-order valence-electron chi connectivity index (χ2n) is 4.95. The zero-order chi connectivity index (χ0) is 9.73. The molecule has 1 aliphatic rings. The van der Waals surface area contributed by atoms with Gasteiger partial charge in [0.1, 0.15) is 0 Å². The largest absolute Gasteiger partial charge is 0.311 e. The summed E-state index contributed by atoms with van der Waals surface area (Å²) in [5.41, 5.74) is 0.553. The Labute approximate surface area is 83.3 Å². The topological polar surface area (TPSA) is 12.0 Å². The molecule has 0 atom stereocenters. The van der Waals surface area contributed by atoms with Crippen LogP contribution in [0.5, 0.6) is 0 Å². The maximum absolute atomic E-state index is 3.74. The van der Waals surface area contributed by atoms with Crippen LogP contribution >= 0.6 is 0 Å². The third kappa shape index (κ3) is 3.30. The Bertz CT molecular complexity index is 131. The van der Waals surface area contributed by atoms with E-state index < -0.39 is 0 Å². The first kappa shape index (κ1) is 11.0. The van der Waals surface area contributed by atoms with Gasteiger partial charge in [0.2, 0.25) is 0 Å². The van der Waals surface area contributed by atoms with Gasteiger partial charge in [-0.25, -0.2) is 0 Å². The van der Waals surface area contributed by atoms with Gasteiger partial charge >= 0.3 is 0 Å². The van der Waals surface area contributed by atoms with E-state index in [-0.39, 0.29) is 0 Å². The minimum absolute atomic E-state index is 0.553. The molecular weight excluding hydrogens is 158 g/mol. The highest BCUT2D eigenvalue weighted by Gasteiger charge is 2.33. The van der Waals surface area contributed by atoms with Gasteiger partial charge in [-0.05, 0) is 51.0 Å². The Balaban J connectivity index is 2.04. The molecule has 1 fully saturated rings. The van der Waals surface area contributed by atoms with E-state index in [0.29, 0.717) is 5.54 Å². The molecule has 0 aromatic rings. The van der Waals surface area contributed by atoms with Crippen LogP contribution in [0.2, 0.25) is 0 Å². The fraction of sp³-hybridized carbons (Fsp3) is 1.00. The van der Waals surface area contributed by atoms with Crippen molar-refractivity contribution >= 4 is 0 Å². The highest BCUT2D eigenvalue weighted by atomic mass is 15.0. The summed E-state index contributed by atoms with van der Waals surface area (Å²) >= 11 is 0. The Morgan fingerprint density at radius 2 is 2.00 bits per heavy atom. The molecule has 0 radical (unpaired) electrons. The monoisotopic (exact) mass is 183 g/mol. The van der Waals surface area contributed by atoms with Gasteiger partial charge in [-0.3, -0.25) is 0 Å². The van der Waals surface area contributed by atoms with E-state index in [1.807, 2.05) is 0 Å². The summed E-state index contributed by atoms with van der Waals surface area (Å²) in [5.74, 6) is 0.862. The van der Waals surface area contributed by atoms with Gasteiger partial charge < -0.3 is 5.32 Å². The fourth-order valence-corrected chi connectivity index (χ4v) is 2.12. The van der Waals surface area contributed by atoms with Crippen molar-refractivity contribution in [2.24, 2.45) is 5.92 Å². The van der Waals surface area contributed by atoms with Crippen molar-refractivity contribution in [1.29, 1.82) is 0 Å². The van der Waals surface area contributed by atoms with Crippen molar-refractivity contribution in [2.45, 2.75) is 64.8 Å². The van der Waals surface area contributed by atoms with E-state index >= 15 is 0 Å². The molecule has 13 heavy (non-hydrogen) atoms. The molecule has 1 heteroatoms. The molecule has 78 valence electrons. The molecule has 0 aromatic heterocycles. The predicted octanol–water partition coefficient (Wildman–Crippen LogP) is 3.34. The number of rotatable bonds is 6. The molecule has 0 heterocycles. The second kappa shape index (κ2) is 4.99. The van der Waals surface area contributed by atoms with Crippen LogP contribution in [0.25, 0.3) is 0 Å². The lowest BCUT2D eigenvalue weighted by atomic mass is 9.75. The van der Waals surface area contributed by atoms with E-state index in [1.165, 1.54) is 45.1 Å². The molecule has 0 aliphatic heterocycles. The zero-order valence-electron chi connectivity index (χ0n) is 9.53. The first-order valence-electron chi connectivity index (χ1n) is 5.93. The molecule has 0 bridgehead atoms. The van der Waals surface area contributed by atoms with Crippen molar-refractivity contribution in [2.75, 3.05) is 6.54 Å². The Hall–Kier alpha value is -0.0400. The maximum Gasteiger partial charge on any atom is 0.0178 e. The Kier molecular flexibility index (Phi) is 4.24. The number of hydrogen-bond acceptors (Lipinski definition) is 1. The normalized spacial score (nSPS) is 20.3. The third-order valence-corrected chi connectivity index (χ3v) is 3.45. The quantitative estimate of drug-likeness (QED) is 0.623. The van der Waals surface area contributed by atoms with Gasteiger partial charge in [-0.1, -0.05) is 20.8 Å². The van der Waals surface area contributed by atoms with Crippen LogP contribution in [0.3, 0.4) is 0 Å². The third-order valence-electron chi connectivity index (χ3n) is 3.45. The van der Waals surface area contributed by atoms with Crippen molar-refractivity contribution in [3.05, 3.63) is 0 Å². The molecule has 0 amide bonds. The van der Waals surface area contributed by atoms with Crippen molar-refractivity contribution in [3.8, 4) is 0 Å². The Morgan fingerprint density at radius 1 is 1.31 bits per heavy atom. The van der Waals surface area contributed by atoms with Gasteiger partial charge in [0.05, 0.1) is 0 Å². The maximum atomic E-state index is 3.74. The van der Waals surface area contributed by atoms with E-state index in [1.54, 1.807) is 0 Å². The second-order valence-corrected chi connectivity index (χ2v) is 4.95. The van der Waals surface area contributed by atoms with Gasteiger partial charge in [-0.2, -0.15) is 0 Å². The minimum Gasteiger partial charge on any atom is -0.311 e. The lowest BCUT2D eigenvalue weighted by Gasteiger charge is -2.42. The summed E-state index contributed by atoms with van der Waals surface area (Å²) in [6.45, 7) is 8.15. The van der Waals surface area contributed by atoms with Crippen molar-refractivity contribution in [1.82, 2.24) is 5.32 Å². The lowest BCUT2D eigenvalue weighted by molar-refractivity contribution is 0.176. The van der Waals surface area contributed by atoms with Crippen LogP contribution in [0.4, 0.5) is 0 Å². The van der Waals surface area contributed by atoms with Crippen molar-refractivity contribution in [3.63, 3.8) is 0 Å². The molecule has 1 rings (SSSR count). The van der Waals surface area contributed by atoms with Crippen LogP contribution in [-0.4, -0.2) is 12.1 Å². The average Bonchev–Trinajstić information content (AvgIpc) is 2.01. The summed E-state index contributed by atoms with van der Waals surface area (Å²) in [7, 11) is 0. The first-order valence-corrected chi connectivity index (χ1v) is 5.93. The lowest BCUT2D eigenvalue weighted by Crippen LogP contribution is -2.50. The summed E-state index contributed by atoms with van der Waals surface area (Å²) in [6, 6.07) is 0. The van der Waals surface area contributed by atoms with E-state index in [2.05, 4.69) is 26.1 Å². The van der Waals surface area contributed by atoms with Crippen molar-refractivity contribution < 1.29 is 0 Å². The summed E-state index contributed by atoms with van der Waals surface area (Å²) in [6.07, 6.45) is 8.28. The molecule has 0 aromatic carbocycles. The van der Waals surface area contributed by atoms with Crippen LogP contribution in [0.1, 0.15) is 59.3 Å². The highest BCUT2D eigenvalue weighted by Crippen LogP contribution is 2.34. The van der Waals surface area contributed by atoms with Crippen LogP contribution in [0.15, 0.2) is 0 Å². The molecule has 0 saturated heterocycles. The standard InChI is InChI=1S/C12H25N/c1-4-12(8-6-9-12)13-10-5-7-11(2)3/h11,13H,4-10H2,1-3H3. The molecule has 0 spiro atoms. The van der Waals surface area contributed by atoms with Crippen LogP contribution in [0, 0.1) is 5.92 Å². The van der Waals surface area contributed by atoms with E-state index in [9.17, 15) is 0 Å². The molecule has 1 saturated carbocycles. The molecule has 0 unspecified atom stereocenters. The average molecular weight is 183 g/mol. The SMILES string of the molecule is CCC1(NCCCC(C)C)CCC1. The van der Waals surface area contributed by atoms with Gasteiger partial charge in [-0.15, -0.1) is 0 Å². The summed E-state index contributed by atoms with van der Waals surface area (Å²) in [4.78, 5) is 0. The molecule has 1 N–H and O–H groups in total. The minimum atomic E-state index is 0.553. The summed E-state index contributed by atoms with van der Waals surface area (Å²) < 4.78 is 0. The molecular formula is C12H25N. The van der Waals surface area contributed by atoms with E-state index in [0.717, 1.165) is 5.92 Å². The highest BCUT2D eigenvalue weighted by molar-refractivity contribution is 4.94. The van der Waals surface area contributed by atoms with Gasteiger partial charge in [0.25, 0.3) is 0 Å².